The van der Waals surface area contributed by atoms with Crippen molar-refractivity contribution in [3.8, 4) is 11.5 Å². The number of rotatable bonds is 8. The molecule has 1 aromatic heterocycles. The van der Waals surface area contributed by atoms with E-state index in [0.29, 0.717) is 31.0 Å². The van der Waals surface area contributed by atoms with E-state index in [0.717, 1.165) is 24.5 Å². The van der Waals surface area contributed by atoms with E-state index in [2.05, 4.69) is 9.88 Å². The van der Waals surface area contributed by atoms with Gasteiger partial charge in [-0.3, -0.25) is 4.79 Å². The molecule has 0 spiro atoms. The highest BCUT2D eigenvalue weighted by atomic mass is 16.5. The van der Waals surface area contributed by atoms with Gasteiger partial charge < -0.3 is 29.5 Å². The van der Waals surface area contributed by atoms with Gasteiger partial charge in [-0.1, -0.05) is 26.0 Å². The number of likely N-dealkylation sites (tertiary alicyclic amines) is 1. The molecule has 0 bridgehead atoms. The Kier molecular flexibility index (Phi) is 7.00. The molecule has 0 saturated carbocycles. The van der Waals surface area contributed by atoms with Crippen LogP contribution < -0.4 is 14.4 Å². The Balaban J connectivity index is 1.53. The van der Waals surface area contributed by atoms with E-state index in [1.54, 1.807) is 32.1 Å². The smallest absolute Gasteiger partial charge is 0.251 e. The van der Waals surface area contributed by atoms with Crippen LogP contribution in [0.25, 0.3) is 0 Å². The summed E-state index contributed by atoms with van der Waals surface area (Å²) in [6.45, 7) is 7.82. The van der Waals surface area contributed by atoms with Crippen molar-refractivity contribution >= 4 is 11.7 Å². The molecule has 184 valence electrons. The molecule has 34 heavy (non-hydrogen) atoms. The van der Waals surface area contributed by atoms with Gasteiger partial charge in [0.05, 0.1) is 26.3 Å². The maximum atomic E-state index is 12.7. The second-order valence-electron chi connectivity index (χ2n) is 9.62. The average molecular weight is 470 g/mol. The number of nitrogens with zero attached hydrogens (tertiary/aromatic N) is 3. The zero-order valence-electron chi connectivity index (χ0n) is 20.3. The fourth-order valence-electron chi connectivity index (χ4n) is 4.90. The highest BCUT2D eigenvalue weighted by Crippen LogP contribution is 2.47. The minimum atomic E-state index is -1.02. The number of anilines is 1. The van der Waals surface area contributed by atoms with Crippen LogP contribution in [0.4, 0.5) is 5.82 Å². The van der Waals surface area contributed by atoms with Crippen LogP contribution in [-0.2, 0) is 4.79 Å². The van der Waals surface area contributed by atoms with Crippen LogP contribution in [0.3, 0.4) is 0 Å². The second kappa shape index (κ2) is 9.80. The molecule has 3 heterocycles. The van der Waals surface area contributed by atoms with Crippen molar-refractivity contribution in [2.45, 2.75) is 51.4 Å². The zero-order valence-corrected chi connectivity index (χ0v) is 20.3. The first-order valence-electron chi connectivity index (χ1n) is 11.9. The number of hydrogen-bond acceptors (Lipinski definition) is 7. The number of pyridine rings is 1. The van der Waals surface area contributed by atoms with Crippen molar-refractivity contribution in [2.24, 2.45) is 5.41 Å². The lowest BCUT2D eigenvalue weighted by molar-refractivity contribution is -0.139. The number of benzene rings is 1. The minimum Gasteiger partial charge on any atom is -0.493 e. The maximum absolute atomic E-state index is 12.7. The fraction of sp³-hybridized carbons (Fsp3) is 0.538. The number of aromatic nitrogens is 1. The molecule has 1 aromatic carbocycles. The van der Waals surface area contributed by atoms with Gasteiger partial charge in [0.1, 0.15) is 18.0 Å². The van der Waals surface area contributed by atoms with Crippen molar-refractivity contribution in [3.63, 3.8) is 0 Å². The van der Waals surface area contributed by atoms with Gasteiger partial charge in [-0.15, -0.1) is 0 Å². The number of aliphatic hydroxyl groups is 2. The Labute approximate surface area is 201 Å². The fourth-order valence-corrected chi connectivity index (χ4v) is 4.90. The lowest BCUT2D eigenvalue weighted by Crippen LogP contribution is -2.54. The zero-order chi connectivity index (χ0) is 24.5. The van der Waals surface area contributed by atoms with Crippen LogP contribution in [0.5, 0.6) is 11.5 Å². The van der Waals surface area contributed by atoms with Crippen LogP contribution in [0.1, 0.15) is 38.7 Å². The molecule has 4 rings (SSSR count). The summed E-state index contributed by atoms with van der Waals surface area (Å²) in [6.07, 6.45) is 0.495. The summed E-state index contributed by atoms with van der Waals surface area (Å²) in [5.74, 6) is 1.83. The monoisotopic (exact) mass is 469 g/mol. The number of amides is 1. The van der Waals surface area contributed by atoms with E-state index in [1.807, 2.05) is 43.3 Å². The summed E-state index contributed by atoms with van der Waals surface area (Å²) in [7, 11) is 1.62. The summed E-state index contributed by atoms with van der Waals surface area (Å²) < 4.78 is 11.9. The molecule has 0 aliphatic carbocycles. The van der Waals surface area contributed by atoms with Gasteiger partial charge in [0.25, 0.3) is 5.91 Å². The number of hydrogen-bond donors (Lipinski definition) is 2. The topological polar surface area (TPSA) is 95.4 Å². The molecule has 4 atom stereocenters. The van der Waals surface area contributed by atoms with Crippen molar-refractivity contribution < 1.29 is 24.5 Å². The van der Waals surface area contributed by atoms with E-state index >= 15 is 0 Å². The Morgan fingerprint density at radius 1 is 1.21 bits per heavy atom. The normalized spacial score (nSPS) is 24.5. The largest absolute Gasteiger partial charge is 0.493 e. The molecule has 2 aliphatic heterocycles. The summed E-state index contributed by atoms with van der Waals surface area (Å²) >= 11 is 0. The Morgan fingerprint density at radius 3 is 2.59 bits per heavy atom. The third-order valence-corrected chi connectivity index (χ3v) is 7.37. The van der Waals surface area contributed by atoms with Crippen LogP contribution in [0.2, 0.25) is 0 Å². The maximum Gasteiger partial charge on any atom is 0.251 e. The molecule has 2 saturated heterocycles. The van der Waals surface area contributed by atoms with E-state index in [-0.39, 0.29) is 17.9 Å². The van der Waals surface area contributed by atoms with Crippen molar-refractivity contribution in [1.82, 2.24) is 9.88 Å². The van der Waals surface area contributed by atoms with Crippen LogP contribution in [0, 0.1) is 5.41 Å². The van der Waals surface area contributed by atoms with Gasteiger partial charge in [-0.25, -0.2) is 4.98 Å². The van der Waals surface area contributed by atoms with Crippen LogP contribution >= 0.6 is 0 Å². The van der Waals surface area contributed by atoms with Crippen LogP contribution in [0.15, 0.2) is 42.6 Å². The highest BCUT2D eigenvalue weighted by molar-refractivity contribution is 5.81. The van der Waals surface area contributed by atoms with Gasteiger partial charge in [-0.05, 0) is 43.2 Å². The molecule has 0 unspecified atom stereocenters. The second-order valence-corrected chi connectivity index (χ2v) is 9.62. The molecule has 2 aliphatic rings. The number of methoxy groups -OCH3 is 1. The van der Waals surface area contributed by atoms with Gasteiger partial charge in [-0.2, -0.15) is 0 Å². The van der Waals surface area contributed by atoms with Gasteiger partial charge in [0, 0.05) is 30.6 Å². The van der Waals surface area contributed by atoms with Crippen molar-refractivity contribution in [3.05, 3.63) is 48.2 Å². The first-order valence-corrected chi connectivity index (χ1v) is 11.9. The first kappa shape index (κ1) is 24.3. The predicted molar refractivity (Wildman–Crippen MR) is 129 cm³/mol. The molecule has 1 amide bonds. The number of aliphatic hydroxyl groups excluding tert-OH is 2. The minimum absolute atomic E-state index is 0.00987. The molecule has 2 aromatic rings. The van der Waals surface area contributed by atoms with Crippen molar-refractivity contribution in [2.75, 3.05) is 38.2 Å². The van der Waals surface area contributed by atoms with Crippen LogP contribution in [-0.4, -0.2) is 77.6 Å². The molecular formula is C26H35N3O5. The van der Waals surface area contributed by atoms with Gasteiger partial charge in [0.2, 0.25) is 0 Å². The molecule has 2 N–H and O–H groups in total. The Bertz CT molecular complexity index is 995. The summed E-state index contributed by atoms with van der Waals surface area (Å²) in [5.41, 5.74) is 0.419. The number of carbonyl (C=O) groups excluding carboxylic acids is 1. The third-order valence-electron chi connectivity index (χ3n) is 7.37. The van der Waals surface area contributed by atoms with Crippen molar-refractivity contribution in [1.29, 1.82) is 0 Å². The summed E-state index contributed by atoms with van der Waals surface area (Å²) in [4.78, 5) is 20.9. The molecule has 2 fully saturated rings. The summed E-state index contributed by atoms with van der Waals surface area (Å²) in [6, 6.07) is 11.7. The van der Waals surface area contributed by atoms with E-state index in [4.69, 9.17) is 9.47 Å². The highest BCUT2D eigenvalue weighted by Gasteiger charge is 2.49. The van der Waals surface area contributed by atoms with Gasteiger partial charge in [0.15, 0.2) is 11.5 Å². The predicted octanol–water partition coefficient (Wildman–Crippen LogP) is 2.44. The van der Waals surface area contributed by atoms with E-state index < -0.39 is 17.6 Å². The third kappa shape index (κ3) is 4.57. The lowest BCUT2D eigenvalue weighted by atomic mass is 9.72. The van der Waals surface area contributed by atoms with Gasteiger partial charge >= 0.3 is 0 Å². The Morgan fingerprint density at radius 2 is 1.97 bits per heavy atom. The SMILES string of the molecule is CC[C@H](O)C(=O)N1C[C@@H](c2ccc(OC)c(OC3CN(c4ccccn4)C3)c2)[C@](C)([C@@H](C)O)C1. The standard InChI is InChI=1S/C26H35N3O5/c1-5-21(31)25(32)29-15-20(26(3,16-29)17(2)30)18-9-10-22(33-4)23(12-18)34-19-13-28(14-19)24-8-6-7-11-27-24/h6-12,17,19-21,30-31H,5,13-16H2,1-4H3/t17-,20+,21+,26+/m1/s1. The Hall–Kier alpha value is -2.84. The first-order chi connectivity index (χ1) is 16.3. The molecule has 8 nitrogen and oxygen atoms in total. The van der Waals surface area contributed by atoms with E-state index in [1.165, 1.54) is 0 Å². The lowest BCUT2D eigenvalue weighted by Gasteiger charge is -2.40. The number of ether oxygens (including phenoxy) is 2. The number of carbonyl (C=O) groups is 1. The van der Waals surface area contributed by atoms with E-state index in [9.17, 15) is 15.0 Å². The molecule has 8 heteroatoms. The molecular weight excluding hydrogens is 434 g/mol. The average Bonchev–Trinajstić information content (AvgIpc) is 3.19. The summed E-state index contributed by atoms with van der Waals surface area (Å²) in [5, 5.41) is 20.8. The quantitative estimate of drug-likeness (QED) is 0.613. The molecule has 0 radical (unpaired) electrons.